The molecule has 5 nitrogen and oxygen atoms in total. The van der Waals surface area contributed by atoms with E-state index in [4.69, 9.17) is 9.47 Å². The lowest BCUT2D eigenvalue weighted by Crippen LogP contribution is -2.32. The van der Waals surface area contributed by atoms with Crippen LogP contribution in [0.5, 0.6) is 0 Å². The van der Waals surface area contributed by atoms with Gasteiger partial charge < -0.3 is 19.9 Å². The maximum atomic E-state index is 11.1. The summed E-state index contributed by atoms with van der Waals surface area (Å²) in [5.74, 6) is -0.228. The van der Waals surface area contributed by atoms with Crippen molar-refractivity contribution < 1.29 is 19.4 Å². The lowest BCUT2D eigenvalue weighted by molar-refractivity contribution is -0.143. The Bertz CT molecular complexity index is 397. The molecule has 21 heavy (non-hydrogen) atoms. The number of nitrogens with one attached hydrogen (secondary N) is 1. The number of carbonyl (C=O) groups is 1. The van der Waals surface area contributed by atoms with Gasteiger partial charge in [-0.25, -0.2) is 0 Å². The molecule has 0 aliphatic rings. The van der Waals surface area contributed by atoms with Crippen LogP contribution in [0.3, 0.4) is 0 Å². The zero-order valence-corrected chi connectivity index (χ0v) is 12.7. The molecule has 0 fully saturated rings. The first-order valence-corrected chi connectivity index (χ1v) is 7.34. The third-order valence-corrected chi connectivity index (χ3v) is 3.00. The second-order valence-electron chi connectivity index (χ2n) is 4.80. The zero-order chi connectivity index (χ0) is 15.5. The van der Waals surface area contributed by atoms with Gasteiger partial charge in [0.15, 0.2) is 0 Å². The van der Waals surface area contributed by atoms with Gasteiger partial charge in [0.05, 0.1) is 31.8 Å². The van der Waals surface area contributed by atoms with Crippen molar-refractivity contribution in [2.24, 2.45) is 0 Å². The summed E-state index contributed by atoms with van der Waals surface area (Å²) < 4.78 is 10.4. The molecule has 0 saturated carbocycles. The monoisotopic (exact) mass is 295 g/mol. The van der Waals surface area contributed by atoms with Crippen LogP contribution in [0.15, 0.2) is 30.3 Å². The van der Waals surface area contributed by atoms with E-state index in [1.54, 1.807) is 6.92 Å². The molecule has 0 aromatic heterocycles. The summed E-state index contributed by atoms with van der Waals surface area (Å²) in [6.45, 7) is 5.26. The van der Waals surface area contributed by atoms with Crippen molar-refractivity contribution in [3.8, 4) is 0 Å². The van der Waals surface area contributed by atoms with E-state index < -0.39 is 6.10 Å². The average molecular weight is 295 g/mol. The van der Waals surface area contributed by atoms with Crippen molar-refractivity contribution in [1.29, 1.82) is 0 Å². The Morgan fingerprint density at radius 2 is 2.05 bits per heavy atom. The minimum Gasteiger partial charge on any atom is -0.466 e. The molecule has 0 saturated heterocycles. The molecule has 0 heterocycles. The Labute approximate surface area is 126 Å². The molecule has 1 aromatic carbocycles. The van der Waals surface area contributed by atoms with E-state index in [1.165, 1.54) is 0 Å². The van der Waals surface area contributed by atoms with Crippen LogP contribution in [0.25, 0.3) is 0 Å². The predicted octanol–water partition coefficient (Wildman–Crippen LogP) is 1.67. The molecule has 0 aliphatic heterocycles. The zero-order valence-electron chi connectivity index (χ0n) is 12.7. The van der Waals surface area contributed by atoms with Crippen molar-refractivity contribution in [1.82, 2.24) is 5.32 Å². The number of aliphatic hydroxyl groups is 1. The number of carbonyl (C=O) groups excluding carboxylic acids is 1. The summed E-state index contributed by atoms with van der Waals surface area (Å²) in [5, 5.41) is 12.8. The largest absolute Gasteiger partial charge is 0.466 e. The van der Waals surface area contributed by atoms with Gasteiger partial charge in [-0.15, -0.1) is 0 Å². The second-order valence-corrected chi connectivity index (χ2v) is 4.80. The van der Waals surface area contributed by atoms with Crippen LogP contribution in [-0.2, 0) is 14.3 Å². The third-order valence-electron chi connectivity index (χ3n) is 3.00. The van der Waals surface area contributed by atoms with Gasteiger partial charge >= 0.3 is 5.97 Å². The minimum absolute atomic E-state index is 0.0552. The summed E-state index contributed by atoms with van der Waals surface area (Å²) in [4.78, 5) is 11.1. The summed E-state index contributed by atoms with van der Waals surface area (Å²) >= 11 is 0. The second kappa shape index (κ2) is 10.3. The topological polar surface area (TPSA) is 67.8 Å². The van der Waals surface area contributed by atoms with E-state index in [9.17, 15) is 9.90 Å². The normalized spacial score (nSPS) is 13.7. The maximum Gasteiger partial charge on any atom is 0.307 e. The first-order valence-electron chi connectivity index (χ1n) is 7.34. The number of esters is 1. The SMILES string of the molecule is CCOC(=O)CCNCC(O)COC(C)c1ccccc1. The number of hydrogen-bond donors (Lipinski definition) is 2. The quantitative estimate of drug-likeness (QED) is 0.507. The van der Waals surface area contributed by atoms with Crippen molar-refractivity contribution in [3.05, 3.63) is 35.9 Å². The van der Waals surface area contributed by atoms with Crippen molar-refractivity contribution in [3.63, 3.8) is 0 Å². The standard InChI is InChI=1S/C16H25NO4/c1-3-20-16(19)9-10-17-11-15(18)12-21-13(2)14-7-5-4-6-8-14/h4-8,13,15,17-18H,3,9-12H2,1-2H3. The maximum absolute atomic E-state index is 11.1. The fourth-order valence-corrected chi connectivity index (χ4v) is 1.83. The van der Waals surface area contributed by atoms with Crippen LogP contribution in [0.1, 0.15) is 31.9 Å². The van der Waals surface area contributed by atoms with Gasteiger partial charge in [-0.05, 0) is 19.4 Å². The fraction of sp³-hybridized carbons (Fsp3) is 0.562. The van der Waals surface area contributed by atoms with Gasteiger partial charge in [0, 0.05) is 13.1 Å². The van der Waals surface area contributed by atoms with E-state index >= 15 is 0 Å². The number of hydrogen-bond acceptors (Lipinski definition) is 5. The molecule has 0 bridgehead atoms. The average Bonchev–Trinajstić information content (AvgIpc) is 2.50. The summed E-state index contributed by atoms with van der Waals surface area (Å²) in [5.41, 5.74) is 1.08. The van der Waals surface area contributed by atoms with E-state index in [2.05, 4.69) is 5.32 Å². The lowest BCUT2D eigenvalue weighted by Gasteiger charge is -2.17. The number of ether oxygens (including phenoxy) is 2. The first-order chi connectivity index (χ1) is 10.1. The first kappa shape index (κ1) is 17.6. The van der Waals surface area contributed by atoms with Gasteiger partial charge in [0.2, 0.25) is 0 Å². The molecular formula is C16H25NO4. The van der Waals surface area contributed by atoms with E-state index in [0.29, 0.717) is 26.1 Å². The van der Waals surface area contributed by atoms with E-state index in [-0.39, 0.29) is 18.7 Å². The predicted molar refractivity (Wildman–Crippen MR) is 80.9 cm³/mol. The number of aliphatic hydroxyl groups excluding tert-OH is 1. The Morgan fingerprint density at radius 3 is 2.71 bits per heavy atom. The number of benzene rings is 1. The molecule has 0 radical (unpaired) electrons. The van der Waals surface area contributed by atoms with Crippen molar-refractivity contribution in [2.45, 2.75) is 32.5 Å². The van der Waals surface area contributed by atoms with E-state index in [0.717, 1.165) is 5.56 Å². The van der Waals surface area contributed by atoms with Gasteiger partial charge in [0.1, 0.15) is 0 Å². The van der Waals surface area contributed by atoms with Crippen LogP contribution in [0.4, 0.5) is 0 Å². The van der Waals surface area contributed by atoms with Crippen molar-refractivity contribution in [2.75, 3.05) is 26.3 Å². The Morgan fingerprint density at radius 1 is 1.33 bits per heavy atom. The smallest absolute Gasteiger partial charge is 0.307 e. The third kappa shape index (κ3) is 7.80. The van der Waals surface area contributed by atoms with Crippen molar-refractivity contribution >= 4 is 5.97 Å². The molecule has 2 N–H and O–H groups in total. The molecular weight excluding hydrogens is 270 g/mol. The lowest BCUT2D eigenvalue weighted by atomic mass is 10.1. The highest BCUT2D eigenvalue weighted by Crippen LogP contribution is 2.15. The Kier molecular flexibility index (Phi) is 8.66. The summed E-state index contributed by atoms with van der Waals surface area (Å²) in [6, 6.07) is 9.87. The Hall–Kier alpha value is -1.43. The molecule has 5 heteroatoms. The molecule has 0 spiro atoms. The summed E-state index contributed by atoms with van der Waals surface area (Å²) in [7, 11) is 0. The van der Waals surface area contributed by atoms with Crippen LogP contribution in [0, 0.1) is 0 Å². The fourth-order valence-electron chi connectivity index (χ4n) is 1.83. The van der Waals surface area contributed by atoms with Crippen LogP contribution in [-0.4, -0.2) is 43.5 Å². The minimum atomic E-state index is -0.599. The van der Waals surface area contributed by atoms with Crippen LogP contribution < -0.4 is 5.32 Å². The van der Waals surface area contributed by atoms with E-state index in [1.807, 2.05) is 37.3 Å². The van der Waals surface area contributed by atoms with Crippen LogP contribution in [0.2, 0.25) is 0 Å². The van der Waals surface area contributed by atoms with Gasteiger partial charge in [0.25, 0.3) is 0 Å². The summed E-state index contributed by atoms with van der Waals surface area (Å²) in [6.07, 6.45) is -0.347. The van der Waals surface area contributed by atoms with Gasteiger partial charge in [-0.3, -0.25) is 4.79 Å². The molecule has 2 atom stereocenters. The van der Waals surface area contributed by atoms with Gasteiger partial charge in [-0.2, -0.15) is 0 Å². The molecule has 0 amide bonds. The van der Waals surface area contributed by atoms with Gasteiger partial charge in [-0.1, -0.05) is 30.3 Å². The van der Waals surface area contributed by atoms with Crippen LogP contribution >= 0.6 is 0 Å². The molecule has 1 aromatic rings. The molecule has 0 aliphatic carbocycles. The Balaban J connectivity index is 2.11. The molecule has 2 unspecified atom stereocenters. The molecule has 1 rings (SSSR count). The number of rotatable bonds is 10. The highest BCUT2D eigenvalue weighted by atomic mass is 16.5. The highest BCUT2D eigenvalue weighted by molar-refractivity contribution is 5.69. The molecule has 118 valence electrons. The highest BCUT2D eigenvalue weighted by Gasteiger charge is 2.09.